The topological polar surface area (TPSA) is 64.3 Å². The summed E-state index contributed by atoms with van der Waals surface area (Å²) in [6.07, 6.45) is 3.19. The minimum absolute atomic E-state index is 0.134. The summed E-state index contributed by atoms with van der Waals surface area (Å²) >= 11 is 0. The second kappa shape index (κ2) is 9.01. The maximum absolute atomic E-state index is 11.2. The van der Waals surface area contributed by atoms with Crippen LogP contribution in [0.5, 0.6) is 5.75 Å². The van der Waals surface area contributed by atoms with Crippen LogP contribution in [0.25, 0.3) is 0 Å². The molecular formula is C15H20N2O2. The minimum atomic E-state index is -0.455. The van der Waals surface area contributed by atoms with E-state index in [4.69, 9.17) is 10.5 Å². The highest BCUT2D eigenvalue weighted by atomic mass is 16.5. The van der Waals surface area contributed by atoms with Crippen molar-refractivity contribution >= 4 is 11.7 Å². The van der Waals surface area contributed by atoms with Gasteiger partial charge in [0.2, 0.25) is 0 Å². The average molecular weight is 260 g/mol. The van der Waals surface area contributed by atoms with Crippen molar-refractivity contribution in [2.45, 2.75) is 26.2 Å². The smallest absolute Gasteiger partial charge is 0.325 e. The molecule has 102 valence electrons. The summed E-state index contributed by atoms with van der Waals surface area (Å²) in [5, 5.41) is 3.13. The maximum atomic E-state index is 11.2. The van der Waals surface area contributed by atoms with Crippen LogP contribution in [0.3, 0.4) is 0 Å². The third-order valence-electron chi connectivity index (χ3n) is 2.43. The van der Waals surface area contributed by atoms with Crippen LogP contribution in [-0.2, 0) is 4.79 Å². The number of para-hydroxylation sites is 2. The van der Waals surface area contributed by atoms with E-state index in [9.17, 15) is 4.79 Å². The molecule has 0 aliphatic carbocycles. The van der Waals surface area contributed by atoms with Crippen molar-refractivity contribution in [3.8, 4) is 17.6 Å². The number of rotatable bonds is 6. The molecule has 0 aliphatic heterocycles. The summed E-state index contributed by atoms with van der Waals surface area (Å²) < 4.78 is 5.12. The zero-order valence-corrected chi connectivity index (χ0v) is 11.2. The number of carbonyl (C=O) groups is 1. The Kier molecular flexibility index (Phi) is 7.14. The number of hydrogen-bond donors (Lipinski definition) is 2. The molecule has 4 heteroatoms. The van der Waals surface area contributed by atoms with Crippen molar-refractivity contribution in [3.05, 3.63) is 24.3 Å². The monoisotopic (exact) mass is 260 g/mol. The first-order valence-corrected chi connectivity index (χ1v) is 6.47. The molecule has 0 aliphatic rings. The summed E-state index contributed by atoms with van der Waals surface area (Å²) in [4.78, 5) is 11.2. The number of benzene rings is 1. The van der Waals surface area contributed by atoms with E-state index < -0.39 is 5.97 Å². The Bertz CT molecular complexity index is 461. The van der Waals surface area contributed by atoms with Gasteiger partial charge in [0.25, 0.3) is 0 Å². The maximum Gasteiger partial charge on any atom is 0.325 e. The fourth-order valence-corrected chi connectivity index (χ4v) is 1.42. The molecule has 1 aromatic carbocycles. The van der Waals surface area contributed by atoms with E-state index in [0.717, 1.165) is 24.9 Å². The second-order valence-electron chi connectivity index (χ2n) is 3.99. The first kappa shape index (κ1) is 15.1. The van der Waals surface area contributed by atoms with Gasteiger partial charge in [0.1, 0.15) is 0 Å². The van der Waals surface area contributed by atoms with Crippen molar-refractivity contribution < 1.29 is 9.53 Å². The van der Waals surface area contributed by atoms with Gasteiger partial charge >= 0.3 is 5.97 Å². The SMILES string of the molecule is CCCCC#CCNc1ccccc1OC(=O)CN. The van der Waals surface area contributed by atoms with Gasteiger partial charge in [-0.3, -0.25) is 4.79 Å². The predicted molar refractivity (Wildman–Crippen MR) is 76.9 cm³/mol. The van der Waals surface area contributed by atoms with Crippen LogP contribution in [0.15, 0.2) is 24.3 Å². The lowest BCUT2D eigenvalue weighted by atomic mass is 10.2. The van der Waals surface area contributed by atoms with Gasteiger partial charge in [-0.1, -0.05) is 31.4 Å². The molecular weight excluding hydrogens is 240 g/mol. The number of anilines is 1. The molecule has 0 saturated heterocycles. The Hall–Kier alpha value is -1.99. The Morgan fingerprint density at radius 1 is 1.37 bits per heavy atom. The number of hydrogen-bond acceptors (Lipinski definition) is 4. The number of unbranched alkanes of at least 4 members (excludes halogenated alkanes) is 2. The molecule has 0 radical (unpaired) electrons. The van der Waals surface area contributed by atoms with Crippen LogP contribution in [-0.4, -0.2) is 19.1 Å². The molecule has 0 atom stereocenters. The molecule has 0 aromatic heterocycles. The van der Waals surface area contributed by atoms with Gasteiger partial charge in [0, 0.05) is 6.42 Å². The summed E-state index contributed by atoms with van der Waals surface area (Å²) in [6, 6.07) is 7.23. The van der Waals surface area contributed by atoms with E-state index in [1.54, 1.807) is 12.1 Å². The van der Waals surface area contributed by atoms with Crippen molar-refractivity contribution in [1.29, 1.82) is 0 Å². The third-order valence-corrected chi connectivity index (χ3v) is 2.43. The standard InChI is InChI=1S/C15H20N2O2/c1-2-3-4-5-8-11-17-13-9-6-7-10-14(13)19-15(18)12-16/h6-7,9-10,17H,2-4,11-12,16H2,1H3. The van der Waals surface area contributed by atoms with Gasteiger partial charge in [0.15, 0.2) is 5.75 Å². The third kappa shape index (κ3) is 5.94. The Morgan fingerprint density at radius 2 is 2.16 bits per heavy atom. The van der Waals surface area contributed by atoms with Crippen molar-refractivity contribution in [2.24, 2.45) is 5.73 Å². The molecule has 19 heavy (non-hydrogen) atoms. The Balaban J connectivity index is 2.52. The predicted octanol–water partition coefficient (Wildman–Crippen LogP) is 2.16. The molecule has 0 spiro atoms. The Morgan fingerprint density at radius 3 is 2.89 bits per heavy atom. The molecule has 4 nitrogen and oxygen atoms in total. The second-order valence-corrected chi connectivity index (χ2v) is 3.99. The molecule has 0 saturated carbocycles. The van der Waals surface area contributed by atoms with Crippen molar-refractivity contribution in [1.82, 2.24) is 0 Å². The number of ether oxygens (including phenoxy) is 1. The van der Waals surface area contributed by atoms with Crippen LogP contribution in [0.1, 0.15) is 26.2 Å². The van der Waals surface area contributed by atoms with Crippen LogP contribution in [0, 0.1) is 11.8 Å². The highest BCUT2D eigenvalue weighted by Gasteiger charge is 2.06. The first-order chi connectivity index (χ1) is 9.27. The molecule has 0 heterocycles. The highest BCUT2D eigenvalue weighted by molar-refractivity contribution is 5.76. The number of nitrogens with one attached hydrogen (secondary N) is 1. The van der Waals surface area contributed by atoms with E-state index in [0.29, 0.717) is 12.3 Å². The van der Waals surface area contributed by atoms with Gasteiger partial charge in [-0.2, -0.15) is 0 Å². The van der Waals surface area contributed by atoms with Crippen LogP contribution in [0.4, 0.5) is 5.69 Å². The molecule has 0 amide bonds. The lowest BCUT2D eigenvalue weighted by molar-refractivity contribution is -0.132. The van der Waals surface area contributed by atoms with Crippen LogP contribution >= 0.6 is 0 Å². The summed E-state index contributed by atoms with van der Waals surface area (Å²) in [7, 11) is 0. The van der Waals surface area contributed by atoms with Gasteiger partial charge in [-0.05, 0) is 18.6 Å². The van der Waals surface area contributed by atoms with Crippen molar-refractivity contribution in [3.63, 3.8) is 0 Å². The summed E-state index contributed by atoms with van der Waals surface area (Å²) in [5.41, 5.74) is 5.97. The molecule has 3 N–H and O–H groups in total. The summed E-state index contributed by atoms with van der Waals surface area (Å²) in [6.45, 7) is 2.54. The van der Waals surface area contributed by atoms with Crippen molar-refractivity contribution in [2.75, 3.05) is 18.4 Å². The minimum Gasteiger partial charge on any atom is -0.423 e. The zero-order valence-electron chi connectivity index (χ0n) is 11.2. The molecule has 1 rings (SSSR count). The largest absolute Gasteiger partial charge is 0.423 e. The Labute approximate surface area is 114 Å². The van der Waals surface area contributed by atoms with Gasteiger partial charge in [-0.25, -0.2) is 0 Å². The van der Waals surface area contributed by atoms with Gasteiger partial charge in [-0.15, -0.1) is 5.92 Å². The molecule has 0 unspecified atom stereocenters. The molecule has 0 fully saturated rings. The van der Waals surface area contributed by atoms with E-state index in [1.807, 2.05) is 12.1 Å². The lowest BCUT2D eigenvalue weighted by Gasteiger charge is -2.09. The van der Waals surface area contributed by atoms with E-state index in [2.05, 4.69) is 24.1 Å². The molecule has 0 bridgehead atoms. The summed E-state index contributed by atoms with van der Waals surface area (Å²) in [5.74, 6) is 6.15. The quantitative estimate of drug-likeness (QED) is 0.356. The lowest BCUT2D eigenvalue weighted by Crippen LogP contribution is -2.20. The van der Waals surface area contributed by atoms with E-state index in [-0.39, 0.29) is 6.54 Å². The highest BCUT2D eigenvalue weighted by Crippen LogP contribution is 2.23. The first-order valence-electron chi connectivity index (χ1n) is 6.47. The van der Waals surface area contributed by atoms with Gasteiger partial charge < -0.3 is 15.8 Å². The van der Waals surface area contributed by atoms with E-state index >= 15 is 0 Å². The van der Waals surface area contributed by atoms with Crippen LogP contribution in [0.2, 0.25) is 0 Å². The fraction of sp³-hybridized carbons (Fsp3) is 0.400. The number of carbonyl (C=O) groups excluding carboxylic acids is 1. The van der Waals surface area contributed by atoms with Gasteiger partial charge in [0.05, 0.1) is 18.8 Å². The normalized spacial score (nSPS) is 9.37. The molecule has 1 aromatic rings. The number of nitrogens with two attached hydrogens (primary N) is 1. The van der Waals surface area contributed by atoms with Crippen LogP contribution < -0.4 is 15.8 Å². The average Bonchev–Trinajstić information content (AvgIpc) is 2.44. The fourth-order valence-electron chi connectivity index (χ4n) is 1.42. The zero-order chi connectivity index (χ0) is 13.9. The van der Waals surface area contributed by atoms with E-state index in [1.165, 1.54) is 0 Å². The number of esters is 1.